The summed E-state index contributed by atoms with van der Waals surface area (Å²) in [6.45, 7) is 5.28. The third kappa shape index (κ3) is 8.08. The molecule has 9 heteroatoms. The van der Waals surface area contributed by atoms with Crippen LogP contribution in [0.5, 0.6) is 0 Å². The largest absolute Gasteiger partial charge is 0.355 e. The lowest BCUT2D eigenvalue weighted by molar-refractivity contribution is -0.140. The van der Waals surface area contributed by atoms with Gasteiger partial charge in [0.25, 0.3) is 10.0 Å². The second-order valence-electron chi connectivity index (χ2n) is 10.4. The average Bonchev–Trinajstić information content (AvgIpc) is 2.99. The first-order valence-corrected chi connectivity index (χ1v) is 15.5. The molecule has 224 valence electrons. The van der Waals surface area contributed by atoms with Crippen LogP contribution in [0.15, 0.2) is 108 Å². The summed E-state index contributed by atoms with van der Waals surface area (Å²) < 4.78 is 42.9. The molecule has 0 spiro atoms. The van der Waals surface area contributed by atoms with E-state index in [1.54, 1.807) is 49.4 Å². The normalized spacial score (nSPS) is 11.9. The van der Waals surface area contributed by atoms with Crippen LogP contribution < -0.4 is 9.62 Å². The standard InChI is InChI=1S/C34H36FN3O4S/c1-4-36-34(40)32(22-27-11-7-5-8-12-27)37(23-28-15-17-29(35)18-16-28)33(39)24-38(30-20-25(2)19-26(3)21-30)43(41,42)31-13-9-6-10-14-31/h5-21,32H,4,22-24H2,1-3H3,(H,36,40). The van der Waals surface area contributed by atoms with Gasteiger partial charge in [-0.25, -0.2) is 12.8 Å². The fraction of sp³-hybridized carbons (Fsp3) is 0.235. The molecule has 2 amide bonds. The molecule has 0 aromatic heterocycles. The minimum absolute atomic E-state index is 0.0280. The highest BCUT2D eigenvalue weighted by Crippen LogP contribution is 2.27. The molecule has 0 heterocycles. The Hall–Kier alpha value is -4.50. The molecule has 4 rings (SSSR count). The van der Waals surface area contributed by atoms with E-state index in [1.165, 1.54) is 29.2 Å². The van der Waals surface area contributed by atoms with Crippen molar-refractivity contribution in [1.82, 2.24) is 10.2 Å². The molecule has 0 radical (unpaired) electrons. The Balaban J connectivity index is 1.81. The van der Waals surface area contributed by atoms with E-state index in [0.29, 0.717) is 17.8 Å². The van der Waals surface area contributed by atoms with Crippen molar-refractivity contribution in [3.05, 3.63) is 131 Å². The number of nitrogens with one attached hydrogen (secondary N) is 1. The molecule has 0 saturated heterocycles. The first-order chi connectivity index (χ1) is 20.6. The van der Waals surface area contributed by atoms with Gasteiger partial charge in [-0.1, -0.05) is 66.7 Å². The Kier molecular flexibility index (Phi) is 10.3. The summed E-state index contributed by atoms with van der Waals surface area (Å²) in [5, 5.41) is 2.83. The van der Waals surface area contributed by atoms with Gasteiger partial charge in [0, 0.05) is 19.5 Å². The number of hydrogen-bond donors (Lipinski definition) is 1. The maximum absolute atomic E-state index is 14.4. The predicted octanol–water partition coefficient (Wildman–Crippen LogP) is 5.41. The van der Waals surface area contributed by atoms with Crippen molar-refractivity contribution in [1.29, 1.82) is 0 Å². The topological polar surface area (TPSA) is 86.8 Å². The number of carbonyl (C=O) groups is 2. The van der Waals surface area contributed by atoms with Crippen LogP contribution in [0, 0.1) is 19.7 Å². The molecule has 1 N–H and O–H groups in total. The van der Waals surface area contributed by atoms with E-state index in [4.69, 9.17) is 0 Å². The number of likely N-dealkylation sites (N-methyl/N-ethyl adjacent to an activating group) is 1. The van der Waals surface area contributed by atoms with Gasteiger partial charge in [-0.2, -0.15) is 0 Å². The Morgan fingerprint density at radius 2 is 1.40 bits per heavy atom. The molecule has 7 nitrogen and oxygen atoms in total. The fourth-order valence-corrected chi connectivity index (χ4v) is 6.39. The SMILES string of the molecule is CCNC(=O)C(Cc1ccccc1)N(Cc1ccc(F)cc1)C(=O)CN(c1cc(C)cc(C)c1)S(=O)(=O)c1ccccc1. The Morgan fingerprint density at radius 3 is 1.98 bits per heavy atom. The average molecular weight is 602 g/mol. The van der Waals surface area contributed by atoms with Crippen molar-refractivity contribution < 1.29 is 22.4 Å². The van der Waals surface area contributed by atoms with Gasteiger partial charge < -0.3 is 10.2 Å². The van der Waals surface area contributed by atoms with E-state index < -0.39 is 34.3 Å². The van der Waals surface area contributed by atoms with Crippen LogP contribution in [0.25, 0.3) is 0 Å². The summed E-state index contributed by atoms with van der Waals surface area (Å²) in [5.41, 5.74) is 3.44. The van der Waals surface area contributed by atoms with Crippen molar-refractivity contribution in [3.63, 3.8) is 0 Å². The molecule has 1 atom stereocenters. The summed E-state index contributed by atoms with van der Waals surface area (Å²) in [6.07, 6.45) is 0.203. The summed E-state index contributed by atoms with van der Waals surface area (Å²) in [6, 6.07) is 27.3. The molecular formula is C34H36FN3O4S. The van der Waals surface area contributed by atoms with E-state index in [-0.39, 0.29) is 23.8 Å². The van der Waals surface area contributed by atoms with Gasteiger partial charge >= 0.3 is 0 Å². The zero-order chi connectivity index (χ0) is 31.0. The van der Waals surface area contributed by atoms with Crippen LogP contribution >= 0.6 is 0 Å². The quantitative estimate of drug-likeness (QED) is 0.235. The molecular weight excluding hydrogens is 565 g/mol. The Morgan fingerprint density at radius 1 is 0.814 bits per heavy atom. The molecule has 4 aromatic carbocycles. The first-order valence-electron chi connectivity index (χ1n) is 14.1. The van der Waals surface area contributed by atoms with Gasteiger partial charge in [-0.3, -0.25) is 13.9 Å². The van der Waals surface area contributed by atoms with Crippen molar-refractivity contribution in [2.75, 3.05) is 17.4 Å². The van der Waals surface area contributed by atoms with E-state index in [0.717, 1.165) is 21.0 Å². The number of carbonyl (C=O) groups excluding carboxylic acids is 2. The van der Waals surface area contributed by atoms with Gasteiger partial charge in [0.05, 0.1) is 10.6 Å². The van der Waals surface area contributed by atoms with Crippen LogP contribution in [0.1, 0.15) is 29.2 Å². The first kappa shape index (κ1) is 31.4. The number of aryl methyl sites for hydroxylation is 2. The number of nitrogens with zero attached hydrogens (tertiary/aromatic N) is 2. The van der Waals surface area contributed by atoms with E-state index >= 15 is 0 Å². The van der Waals surface area contributed by atoms with Crippen LogP contribution in [0.3, 0.4) is 0 Å². The van der Waals surface area contributed by atoms with Crippen molar-refractivity contribution in [2.24, 2.45) is 0 Å². The minimum atomic E-state index is -4.17. The minimum Gasteiger partial charge on any atom is -0.355 e. The monoisotopic (exact) mass is 601 g/mol. The number of hydrogen-bond acceptors (Lipinski definition) is 4. The zero-order valence-electron chi connectivity index (χ0n) is 24.5. The summed E-state index contributed by atoms with van der Waals surface area (Å²) in [5.74, 6) is -1.37. The van der Waals surface area contributed by atoms with Crippen LogP contribution in [0.4, 0.5) is 10.1 Å². The molecule has 0 bridgehead atoms. The number of anilines is 1. The molecule has 1 unspecified atom stereocenters. The molecule has 0 fully saturated rings. The summed E-state index contributed by atoms with van der Waals surface area (Å²) >= 11 is 0. The van der Waals surface area contributed by atoms with Gasteiger partial charge in [0.15, 0.2) is 0 Å². The number of benzene rings is 4. The molecule has 0 aliphatic heterocycles. The lowest BCUT2D eigenvalue weighted by Gasteiger charge is -2.34. The highest BCUT2D eigenvalue weighted by molar-refractivity contribution is 7.92. The van der Waals surface area contributed by atoms with Gasteiger partial charge in [-0.05, 0) is 79.4 Å². The Labute approximate surface area is 253 Å². The third-order valence-electron chi connectivity index (χ3n) is 6.99. The predicted molar refractivity (Wildman–Crippen MR) is 166 cm³/mol. The molecule has 0 aliphatic carbocycles. The van der Waals surface area contributed by atoms with Crippen LogP contribution in [0.2, 0.25) is 0 Å². The number of halogens is 1. The Bertz CT molecular complexity index is 1630. The highest BCUT2D eigenvalue weighted by Gasteiger charge is 2.34. The van der Waals surface area contributed by atoms with Crippen LogP contribution in [-0.4, -0.2) is 44.3 Å². The lowest BCUT2D eigenvalue weighted by Crippen LogP contribution is -2.53. The number of rotatable bonds is 12. The van der Waals surface area contributed by atoms with Gasteiger partial charge in [0.2, 0.25) is 11.8 Å². The third-order valence-corrected chi connectivity index (χ3v) is 8.78. The van der Waals surface area contributed by atoms with E-state index in [1.807, 2.05) is 50.2 Å². The smallest absolute Gasteiger partial charge is 0.264 e. The van der Waals surface area contributed by atoms with E-state index in [9.17, 15) is 22.4 Å². The zero-order valence-corrected chi connectivity index (χ0v) is 25.4. The highest BCUT2D eigenvalue weighted by atomic mass is 32.2. The molecule has 43 heavy (non-hydrogen) atoms. The molecule has 0 aliphatic rings. The van der Waals surface area contributed by atoms with E-state index in [2.05, 4.69) is 5.32 Å². The van der Waals surface area contributed by atoms with Gasteiger partial charge in [0.1, 0.15) is 18.4 Å². The maximum Gasteiger partial charge on any atom is 0.264 e. The van der Waals surface area contributed by atoms with Crippen molar-refractivity contribution in [3.8, 4) is 0 Å². The van der Waals surface area contributed by atoms with Crippen molar-refractivity contribution in [2.45, 2.75) is 44.7 Å². The second-order valence-corrected chi connectivity index (χ2v) is 12.3. The lowest BCUT2D eigenvalue weighted by atomic mass is 10.0. The number of amides is 2. The summed E-state index contributed by atoms with van der Waals surface area (Å²) in [7, 11) is -4.17. The summed E-state index contributed by atoms with van der Waals surface area (Å²) in [4.78, 5) is 29.3. The second kappa shape index (κ2) is 14.1. The molecule has 4 aromatic rings. The fourth-order valence-electron chi connectivity index (χ4n) is 4.98. The van der Waals surface area contributed by atoms with Crippen molar-refractivity contribution >= 4 is 27.5 Å². The van der Waals surface area contributed by atoms with Gasteiger partial charge in [-0.15, -0.1) is 0 Å². The maximum atomic E-state index is 14.4. The number of sulfonamides is 1. The molecule has 0 saturated carbocycles. The van der Waals surface area contributed by atoms with Crippen LogP contribution in [-0.2, 0) is 32.6 Å².